The number of hydrogen-bond acceptors (Lipinski definition) is 5. The molecule has 0 heterocycles. The van der Waals surface area contributed by atoms with Crippen LogP contribution in [0.25, 0.3) is 0 Å². The van der Waals surface area contributed by atoms with Crippen LogP contribution in [0.2, 0.25) is 10.0 Å². The van der Waals surface area contributed by atoms with Gasteiger partial charge in [0, 0.05) is 10.0 Å². The Bertz CT molecular complexity index is 648. The van der Waals surface area contributed by atoms with Gasteiger partial charge in [0.1, 0.15) is 17.6 Å². The molecule has 118 valence electrons. The molecule has 2 aromatic rings. The van der Waals surface area contributed by atoms with Crippen molar-refractivity contribution >= 4 is 29.2 Å². The minimum Gasteiger partial charge on any atom is -0.445 e. The molecule has 0 bridgehead atoms. The zero-order chi connectivity index (χ0) is 16.7. The van der Waals surface area contributed by atoms with Crippen molar-refractivity contribution in [3.63, 3.8) is 0 Å². The van der Waals surface area contributed by atoms with Crippen LogP contribution in [0, 0.1) is 11.3 Å². The molecule has 23 heavy (non-hydrogen) atoms. The van der Waals surface area contributed by atoms with E-state index in [1.165, 1.54) is 0 Å². The minimum atomic E-state index is -1.37. The Kier molecular flexibility index (Phi) is 6.10. The first-order valence-corrected chi connectivity index (χ1v) is 7.22. The number of carbonyl (C=O) groups is 1. The SMILES string of the molecule is N#CCOC(=O)C(Oc1ccc(Cl)cc1)Oc1ccc(Cl)cc1. The number of nitriles is 1. The highest BCUT2D eigenvalue weighted by atomic mass is 35.5. The molecule has 0 atom stereocenters. The molecular weight excluding hydrogens is 341 g/mol. The summed E-state index contributed by atoms with van der Waals surface area (Å²) >= 11 is 11.6. The maximum atomic E-state index is 12.0. The quantitative estimate of drug-likeness (QED) is 0.584. The smallest absolute Gasteiger partial charge is 0.390 e. The molecule has 0 spiro atoms. The molecular formula is C16H11Cl2NO4. The van der Waals surface area contributed by atoms with Crippen LogP contribution in [-0.2, 0) is 9.53 Å². The van der Waals surface area contributed by atoms with Crippen molar-refractivity contribution in [1.82, 2.24) is 0 Å². The van der Waals surface area contributed by atoms with Gasteiger partial charge in [0.05, 0.1) is 0 Å². The number of benzene rings is 2. The van der Waals surface area contributed by atoms with E-state index in [0.29, 0.717) is 21.5 Å². The summed E-state index contributed by atoms with van der Waals surface area (Å²) < 4.78 is 15.7. The molecule has 2 rings (SSSR count). The van der Waals surface area contributed by atoms with Crippen LogP contribution in [0.4, 0.5) is 0 Å². The number of nitrogens with zero attached hydrogens (tertiary/aromatic N) is 1. The minimum absolute atomic E-state index is 0.363. The van der Waals surface area contributed by atoms with Gasteiger partial charge in [-0.3, -0.25) is 0 Å². The Morgan fingerprint density at radius 3 is 1.78 bits per heavy atom. The zero-order valence-electron chi connectivity index (χ0n) is 11.7. The maximum Gasteiger partial charge on any atom is 0.390 e. The van der Waals surface area contributed by atoms with Gasteiger partial charge in [0.25, 0.3) is 0 Å². The summed E-state index contributed by atoms with van der Waals surface area (Å²) in [5, 5.41) is 9.55. The summed E-state index contributed by atoms with van der Waals surface area (Å²) in [6.07, 6.45) is -1.37. The average Bonchev–Trinajstić information content (AvgIpc) is 2.56. The van der Waals surface area contributed by atoms with Crippen molar-refractivity contribution in [3.8, 4) is 17.6 Å². The average molecular weight is 352 g/mol. The molecule has 0 radical (unpaired) electrons. The number of ether oxygens (including phenoxy) is 3. The van der Waals surface area contributed by atoms with Gasteiger partial charge in [-0.2, -0.15) is 5.26 Å². The third kappa shape index (κ3) is 5.37. The predicted molar refractivity (Wildman–Crippen MR) is 84.5 cm³/mol. The van der Waals surface area contributed by atoms with Crippen molar-refractivity contribution in [3.05, 3.63) is 58.6 Å². The van der Waals surface area contributed by atoms with E-state index in [0.717, 1.165) is 0 Å². The first-order chi connectivity index (χ1) is 11.1. The molecule has 0 aliphatic rings. The standard InChI is InChI=1S/C16H11Cl2NO4/c17-11-1-5-13(6-2-11)22-16(15(20)21-10-9-19)23-14-7-3-12(18)4-8-14/h1-8,16H,10H2. The highest BCUT2D eigenvalue weighted by Gasteiger charge is 2.24. The van der Waals surface area contributed by atoms with Gasteiger partial charge in [-0.25, -0.2) is 4.79 Å². The molecule has 0 aromatic heterocycles. The van der Waals surface area contributed by atoms with E-state index < -0.39 is 18.9 Å². The Morgan fingerprint density at radius 2 is 1.39 bits per heavy atom. The summed E-state index contributed by atoms with van der Waals surface area (Å²) in [7, 11) is 0. The van der Waals surface area contributed by atoms with E-state index in [1.807, 2.05) is 0 Å². The highest BCUT2D eigenvalue weighted by molar-refractivity contribution is 6.30. The lowest BCUT2D eigenvalue weighted by atomic mass is 10.3. The summed E-state index contributed by atoms with van der Waals surface area (Å²) in [6.45, 7) is -0.400. The fraction of sp³-hybridized carbons (Fsp3) is 0.125. The normalized spacial score (nSPS) is 10.0. The Balaban J connectivity index is 2.13. The topological polar surface area (TPSA) is 68.5 Å². The Labute approximate surface area is 142 Å². The molecule has 0 fully saturated rings. The molecule has 0 unspecified atom stereocenters. The van der Waals surface area contributed by atoms with Crippen molar-refractivity contribution in [2.24, 2.45) is 0 Å². The molecule has 2 aromatic carbocycles. The Morgan fingerprint density at radius 1 is 0.957 bits per heavy atom. The molecule has 0 N–H and O–H groups in total. The van der Waals surface area contributed by atoms with Gasteiger partial charge in [0.2, 0.25) is 0 Å². The first-order valence-electron chi connectivity index (χ1n) is 6.46. The number of hydrogen-bond donors (Lipinski definition) is 0. The molecule has 0 aliphatic heterocycles. The van der Waals surface area contributed by atoms with Crippen LogP contribution >= 0.6 is 23.2 Å². The summed E-state index contributed by atoms with van der Waals surface area (Å²) in [6, 6.07) is 14.5. The second-order valence-electron chi connectivity index (χ2n) is 4.24. The van der Waals surface area contributed by atoms with Gasteiger partial charge >= 0.3 is 12.3 Å². The molecule has 0 amide bonds. The fourth-order valence-electron chi connectivity index (χ4n) is 1.57. The largest absolute Gasteiger partial charge is 0.445 e. The number of carbonyl (C=O) groups excluding carboxylic acids is 1. The first kappa shape index (κ1) is 16.9. The van der Waals surface area contributed by atoms with Gasteiger partial charge in [-0.1, -0.05) is 23.2 Å². The van der Waals surface area contributed by atoms with Crippen molar-refractivity contribution in [2.75, 3.05) is 6.61 Å². The van der Waals surface area contributed by atoms with Crippen LogP contribution in [0.5, 0.6) is 11.5 Å². The third-order valence-corrected chi connectivity index (χ3v) is 3.09. The fourth-order valence-corrected chi connectivity index (χ4v) is 1.82. The van der Waals surface area contributed by atoms with Crippen molar-refractivity contribution < 1.29 is 19.0 Å². The lowest BCUT2D eigenvalue weighted by Crippen LogP contribution is -2.35. The molecule has 5 nitrogen and oxygen atoms in total. The Hall–Kier alpha value is -2.42. The predicted octanol–water partition coefficient (Wildman–Crippen LogP) is 3.84. The van der Waals surface area contributed by atoms with E-state index in [9.17, 15) is 4.79 Å². The highest BCUT2D eigenvalue weighted by Crippen LogP contribution is 2.21. The van der Waals surface area contributed by atoms with Crippen molar-refractivity contribution in [2.45, 2.75) is 6.29 Å². The summed E-state index contributed by atoms with van der Waals surface area (Å²) in [5.41, 5.74) is 0. The van der Waals surface area contributed by atoms with Crippen molar-refractivity contribution in [1.29, 1.82) is 5.26 Å². The van der Waals surface area contributed by atoms with Gasteiger partial charge in [0.15, 0.2) is 6.61 Å². The molecule has 0 aliphatic carbocycles. The van der Waals surface area contributed by atoms with Crippen LogP contribution in [0.3, 0.4) is 0 Å². The van der Waals surface area contributed by atoms with Gasteiger partial charge < -0.3 is 14.2 Å². The monoisotopic (exact) mass is 351 g/mol. The summed E-state index contributed by atoms with van der Waals surface area (Å²) in [5.74, 6) is -0.0963. The molecule has 7 heteroatoms. The van der Waals surface area contributed by atoms with Crippen LogP contribution in [0.15, 0.2) is 48.5 Å². The number of halogens is 2. The molecule has 0 saturated heterocycles. The van der Waals surface area contributed by atoms with E-state index in [4.69, 9.17) is 42.7 Å². The number of rotatable bonds is 6. The second-order valence-corrected chi connectivity index (χ2v) is 5.11. The zero-order valence-corrected chi connectivity index (χ0v) is 13.3. The van der Waals surface area contributed by atoms with E-state index in [-0.39, 0.29) is 0 Å². The lowest BCUT2D eigenvalue weighted by Gasteiger charge is -2.18. The van der Waals surface area contributed by atoms with Gasteiger partial charge in [-0.05, 0) is 48.5 Å². The molecule has 0 saturated carbocycles. The van der Waals surface area contributed by atoms with Gasteiger partial charge in [-0.15, -0.1) is 0 Å². The number of esters is 1. The van der Waals surface area contributed by atoms with E-state index in [1.54, 1.807) is 54.6 Å². The third-order valence-electron chi connectivity index (χ3n) is 2.58. The van der Waals surface area contributed by atoms with Crippen LogP contribution in [-0.4, -0.2) is 18.9 Å². The maximum absolute atomic E-state index is 12.0. The van der Waals surface area contributed by atoms with Crippen LogP contribution in [0.1, 0.15) is 0 Å². The van der Waals surface area contributed by atoms with E-state index >= 15 is 0 Å². The lowest BCUT2D eigenvalue weighted by molar-refractivity contribution is -0.164. The van der Waals surface area contributed by atoms with Crippen LogP contribution < -0.4 is 9.47 Å². The summed E-state index contributed by atoms with van der Waals surface area (Å²) in [4.78, 5) is 12.0. The second kappa shape index (κ2) is 8.28. The van der Waals surface area contributed by atoms with E-state index in [2.05, 4.69) is 0 Å².